The van der Waals surface area contributed by atoms with Gasteiger partial charge in [0.2, 0.25) is 0 Å². The van der Waals surface area contributed by atoms with Crippen LogP contribution in [-0.4, -0.2) is 30.5 Å². The molecule has 1 rings (SSSR count). The van der Waals surface area contributed by atoms with E-state index in [1.165, 1.54) is 20.3 Å². The third-order valence-corrected chi connectivity index (χ3v) is 2.88. The summed E-state index contributed by atoms with van der Waals surface area (Å²) in [6.07, 6.45) is 0.660. The Morgan fingerprint density at radius 1 is 1.26 bits per heavy atom. The summed E-state index contributed by atoms with van der Waals surface area (Å²) in [6, 6.07) is 2.40. The Morgan fingerprint density at radius 3 is 2.37 bits per heavy atom. The molecule has 0 aliphatic heterocycles. The lowest BCUT2D eigenvalue weighted by atomic mass is 9.97. The highest BCUT2D eigenvalue weighted by Gasteiger charge is 2.24. The zero-order valence-corrected chi connectivity index (χ0v) is 12.2. The number of methoxy groups -OCH3 is 2. The Hall–Kier alpha value is -1.17. The number of halogens is 1. The van der Waals surface area contributed by atoms with Gasteiger partial charge in [0.25, 0.3) is 0 Å². The van der Waals surface area contributed by atoms with Crippen molar-refractivity contribution in [1.82, 2.24) is 0 Å². The Labute approximate surface area is 119 Å². The van der Waals surface area contributed by atoms with E-state index in [0.717, 1.165) is 6.42 Å². The van der Waals surface area contributed by atoms with Gasteiger partial charge >= 0.3 is 0 Å². The number of rotatable bonds is 6. The molecule has 0 amide bonds. The topological polar surface area (TPSA) is 84.9 Å². The number of benzene rings is 1. The van der Waals surface area contributed by atoms with E-state index >= 15 is 0 Å². The molecular weight excluding hydrogens is 270 g/mol. The van der Waals surface area contributed by atoms with Crippen LogP contribution in [0.3, 0.4) is 0 Å². The fourth-order valence-corrected chi connectivity index (χ4v) is 1.88. The van der Waals surface area contributed by atoms with Crippen LogP contribution < -0.4 is 15.2 Å². The van der Waals surface area contributed by atoms with Crippen molar-refractivity contribution in [3.05, 3.63) is 17.7 Å². The van der Waals surface area contributed by atoms with Crippen LogP contribution in [0.5, 0.6) is 17.2 Å². The summed E-state index contributed by atoms with van der Waals surface area (Å²) in [6.45, 7) is 1.96. The summed E-state index contributed by atoms with van der Waals surface area (Å²) in [7, 11) is 2.98. The number of phenolic OH excluding ortho intramolecular Hbond substituents is 1. The number of aromatic hydroxyl groups is 1. The maximum Gasteiger partial charge on any atom is 0.131 e. The molecule has 0 radical (unpaired) electrons. The first-order valence-corrected chi connectivity index (χ1v) is 5.93. The molecule has 0 saturated heterocycles. The molecule has 0 bridgehead atoms. The van der Waals surface area contributed by atoms with Crippen LogP contribution in [0.4, 0.5) is 0 Å². The maximum absolute atomic E-state index is 9.97. The van der Waals surface area contributed by atoms with Crippen LogP contribution in [-0.2, 0) is 0 Å². The minimum absolute atomic E-state index is 0. The van der Waals surface area contributed by atoms with E-state index in [4.69, 9.17) is 15.2 Å². The summed E-state index contributed by atoms with van der Waals surface area (Å²) >= 11 is 0. The lowest BCUT2D eigenvalue weighted by molar-refractivity contribution is 0.131. The molecule has 0 spiro atoms. The van der Waals surface area contributed by atoms with Crippen molar-refractivity contribution in [3.8, 4) is 17.2 Å². The second-order valence-electron chi connectivity index (χ2n) is 4.14. The van der Waals surface area contributed by atoms with Crippen LogP contribution in [0.2, 0.25) is 0 Å². The van der Waals surface area contributed by atoms with Gasteiger partial charge in [-0.25, -0.2) is 0 Å². The smallest absolute Gasteiger partial charge is 0.131 e. The largest absolute Gasteiger partial charge is 0.507 e. The van der Waals surface area contributed by atoms with E-state index in [1.807, 2.05) is 6.92 Å². The normalized spacial score (nSPS) is 13.3. The minimum Gasteiger partial charge on any atom is -0.507 e. The molecule has 4 N–H and O–H groups in total. The van der Waals surface area contributed by atoms with Crippen molar-refractivity contribution >= 4 is 12.4 Å². The van der Waals surface area contributed by atoms with E-state index < -0.39 is 12.1 Å². The van der Waals surface area contributed by atoms with Crippen LogP contribution in [0.15, 0.2) is 12.1 Å². The lowest BCUT2D eigenvalue weighted by Gasteiger charge is -2.22. The third-order valence-electron chi connectivity index (χ3n) is 2.88. The van der Waals surface area contributed by atoms with Crippen molar-refractivity contribution in [2.24, 2.45) is 5.73 Å². The van der Waals surface area contributed by atoms with Gasteiger partial charge in [-0.05, 0) is 6.42 Å². The molecule has 0 saturated carbocycles. The molecule has 0 unspecified atom stereocenters. The molecule has 0 aliphatic carbocycles. The predicted octanol–water partition coefficient (Wildman–Crippen LogP) is 1.99. The number of nitrogens with two attached hydrogens (primary N) is 1. The SMILES string of the molecule is CCC[C@@H](O)[C@@H](N)c1c(O)cc(OC)cc1OC.Cl. The van der Waals surface area contributed by atoms with Crippen molar-refractivity contribution in [2.45, 2.75) is 31.9 Å². The molecule has 1 aromatic carbocycles. The molecule has 1 aromatic rings. The first kappa shape index (κ1) is 17.8. The highest BCUT2D eigenvalue weighted by atomic mass is 35.5. The molecule has 19 heavy (non-hydrogen) atoms. The van der Waals surface area contributed by atoms with Gasteiger partial charge < -0.3 is 25.4 Å². The second-order valence-corrected chi connectivity index (χ2v) is 4.14. The number of hydrogen-bond donors (Lipinski definition) is 3. The fourth-order valence-electron chi connectivity index (χ4n) is 1.88. The third kappa shape index (κ3) is 4.16. The number of aliphatic hydroxyl groups excluding tert-OH is 1. The molecule has 0 heterocycles. The first-order valence-electron chi connectivity index (χ1n) is 5.93. The van der Waals surface area contributed by atoms with Crippen molar-refractivity contribution < 1.29 is 19.7 Å². The second kappa shape index (κ2) is 8.09. The quantitative estimate of drug-likeness (QED) is 0.746. The molecule has 0 aliphatic rings. The fraction of sp³-hybridized carbons (Fsp3) is 0.538. The summed E-state index contributed by atoms with van der Waals surface area (Å²) < 4.78 is 10.2. The highest BCUT2D eigenvalue weighted by molar-refractivity contribution is 5.85. The van der Waals surface area contributed by atoms with Gasteiger partial charge in [0.15, 0.2) is 0 Å². The predicted molar refractivity (Wildman–Crippen MR) is 76.3 cm³/mol. The van der Waals surface area contributed by atoms with Crippen molar-refractivity contribution in [3.63, 3.8) is 0 Å². The first-order chi connectivity index (χ1) is 8.54. The lowest BCUT2D eigenvalue weighted by Crippen LogP contribution is -2.26. The average molecular weight is 292 g/mol. The Kier molecular flexibility index (Phi) is 7.59. The molecule has 0 fully saturated rings. The minimum atomic E-state index is -0.719. The van der Waals surface area contributed by atoms with E-state index in [0.29, 0.717) is 23.5 Å². The van der Waals surface area contributed by atoms with Gasteiger partial charge in [-0.1, -0.05) is 13.3 Å². The van der Waals surface area contributed by atoms with Gasteiger partial charge in [-0.15, -0.1) is 12.4 Å². The van der Waals surface area contributed by atoms with Crippen LogP contribution in [0.25, 0.3) is 0 Å². The van der Waals surface area contributed by atoms with Gasteiger partial charge in [0.05, 0.1) is 31.9 Å². The molecule has 6 heteroatoms. The highest BCUT2D eigenvalue weighted by Crippen LogP contribution is 2.38. The summed E-state index contributed by atoms with van der Waals surface area (Å²) in [5.74, 6) is 0.855. The molecular formula is C13H22ClNO4. The molecule has 110 valence electrons. The summed E-state index contributed by atoms with van der Waals surface area (Å²) in [5.41, 5.74) is 6.36. The van der Waals surface area contributed by atoms with Crippen LogP contribution in [0, 0.1) is 0 Å². The Balaban J connectivity index is 0.00000324. The van der Waals surface area contributed by atoms with E-state index in [-0.39, 0.29) is 18.2 Å². The van der Waals surface area contributed by atoms with Gasteiger partial charge in [-0.3, -0.25) is 0 Å². The van der Waals surface area contributed by atoms with Gasteiger partial charge in [-0.2, -0.15) is 0 Å². The summed E-state index contributed by atoms with van der Waals surface area (Å²) in [4.78, 5) is 0. The standard InChI is InChI=1S/C13H21NO4.ClH/c1-4-5-9(15)13(14)12-10(16)6-8(17-2)7-11(12)18-3;/h6-7,9,13,15-16H,4-5,14H2,1-3H3;1H/t9-,13-;/m1./s1. The van der Waals surface area contributed by atoms with Gasteiger partial charge in [0.1, 0.15) is 17.2 Å². The molecule has 5 nitrogen and oxygen atoms in total. The molecule has 2 atom stereocenters. The van der Waals surface area contributed by atoms with Crippen molar-refractivity contribution in [1.29, 1.82) is 0 Å². The number of aliphatic hydroxyl groups is 1. The zero-order valence-electron chi connectivity index (χ0n) is 11.4. The monoisotopic (exact) mass is 291 g/mol. The Morgan fingerprint density at radius 2 is 1.89 bits per heavy atom. The van der Waals surface area contributed by atoms with E-state index in [2.05, 4.69) is 0 Å². The zero-order chi connectivity index (χ0) is 13.7. The van der Waals surface area contributed by atoms with Crippen LogP contribution in [0.1, 0.15) is 31.4 Å². The van der Waals surface area contributed by atoms with Crippen LogP contribution >= 0.6 is 12.4 Å². The molecule has 0 aromatic heterocycles. The van der Waals surface area contributed by atoms with Crippen molar-refractivity contribution in [2.75, 3.05) is 14.2 Å². The van der Waals surface area contributed by atoms with E-state index in [9.17, 15) is 10.2 Å². The summed E-state index contributed by atoms with van der Waals surface area (Å²) in [5, 5.41) is 19.9. The maximum atomic E-state index is 9.97. The number of phenols is 1. The van der Waals surface area contributed by atoms with Gasteiger partial charge in [0, 0.05) is 12.1 Å². The van der Waals surface area contributed by atoms with E-state index in [1.54, 1.807) is 6.07 Å². The Bertz CT molecular complexity index is 400. The average Bonchev–Trinajstić information content (AvgIpc) is 2.37. The number of ether oxygens (including phenoxy) is 2. The number of hydrogen-bond acceptors (Lipinski definition) is 5.